The van der Waals surface area contributed by atoms with Gasteiger partial charge in [-0.2, -0.15) is 0 Å². The second kappa shape index (κ2) is 35.8. The van der Waals surface area contributed by atoms with Gasteiger partial charge in [0, 0.05) is 19.3 Å². The number of likely N-dealkylation sites (N-methyl/N-ethyl adjacent to an activating group) is 1. The van der Waals surface area contributed by atoms with Crippen LogP contribution in [0.5, 0.6) is 0 Å². The van der Waals surface area contributed by atoms with E-state index in [4.69, 9.17) is 14.2 Å². The smallest absolute Gasteiger partial charge is 0.306 e. The van der Waals surface area contributed by atoms with Gasteiger partial charge < -0.3 is 28.6 Å². The molecule has 52 heavy (non-hydrogen) atoms. The highest BCUT2D eigenvalue weighted by atomic mass is 16.6. The molecule has 0 fully saturated rings. The molecule has 0 spiro atoms. The van der Waals surface area contributed by atoms with E-state index in [1.807, 2.05) is 0 Å². The molecule has 304 valence electrons. The number of rotatable bonds is 38. The van der Waals surface area contributed by atoms with Gasteiger partial charge in [-0.15, -0.1) is 0 Å². The van der Waals surface area contributed by atoms with E-state index in [1.54, 1.807) is 21.1 Å². The fourth-order valence-corrected chi connectivity index (χ4v) is 6.28. The van der Waals surface area contributed by atoms with Crippen LogP contribution >= 0.6 is 0 Å². The van der Waals surface area contributed by atoms with Crippen molar-refractivity contribution in [3.63, 3.8) is 0 Å². The van der Waals surface area contributed by atoms with Crippen LogP contribution < -0.4 is 5.11 Å². The Balaban J connectivity index is 4.12. The molecule has 0 radical (unpaired) electrons. The van der Waals surface area contributed by atoms with Gasteiger partial charge in [-0.3, -0.25) is 9.59 Å². The van der Waals surface area contributed by atoms with Crippen molar-refractivity contribution in [1.82, 2.24) is 0 Å². The molecule has 0 aliphatic carbocycles. The lowest BCUT2D eigenvalue weighted by atomic mass is 10.0. The number of aliphatic carboxylic acids is 1. The van der Waals surface area contributed by atoms with Crippen molar-refractivity contribution in [2.75, 3.05) is 41.0 Å². The minimum Gasteiger partial charge on any atom is -0.544 e. The number of hydrogen-bond acceptors (Lipinski definition) is 7. The van der Waals surface area contributed by atoms with E-state index in [0.717, 1.165) is 51.4 Å². The fourth-order valence-electron chi connectivity index (χ4n) is 6.28. The van der Waals surface area contributed by atoms with Crippen molar-refractivity contribution in [1.29, 1.82) is 0 Å². The van der Waals surface area contributed by atoms with Gasteiger partial charge in [0.25, 0.3) is 0 Å². The molecule has 0 rings (SSSR count). The number of nitrogens with zero attached hydrogens (tertiary/aromatic N) is 1. The Bertz CT molecular complexity index is 911. The molecule has 0 aromatic heterocycles. The third-order valence-corrected chi connectivity index (χ3v) is 9.60. The Morgan fingerprint density at radius 2 is 1.08 bits per heavy atom. The number of quaternary nitrogens is 1. The van der Waals surface area contributed by atoms with E-state index >= 15 is 0 Å². The van der Waals surface area contributed by atoms with Gasteiger partial charge in [-0.25, -0.2) is 0 Å². The highest BCUT2D eigenvalue weighted by molar-refractivity contribution is 5.70. The molecule has 0 bridgehead atoms. The zero-order valence-corrected chi connectivity index (χ0v) is 34.5. The van der Waals surface area contributed by atoms with Gasteiger partial charge in [0.1, 0.15) is 12.6 Å². The Morgan fingerprint density at radius 1 is 0.596 bits per heavy atom. The van der Waals surface area contributed by atoms with Crippen LogP contribution in [0.3, 0.4) is 0 Å². The lowest BCUT2D eigenvalue weighted by molar-refractivity contribution is -0.889. The summed E-state index contributed by atoms with van der Waals surface area (Å²) in [6, 6.07) is -0.720. The van der Waals surface area contributed by atoms with Crippen molar-refractivity contribution >= 4 is 17.9 Å². The summed E-state index contributed by atoms with van der Waals surface area (Å²) in [6.45, 7) is 4.52. The van der Waals surface area contributed by atoms with Gasteiger partial charge >= 0.3 is 11.9 Å². The first kappa shape index (κ1) is 49.8. The van der Waals surface area contributed by atoms with Crippen molar-refractivity contribution in [3.05, 3.63) is 24.3 Å². The maximum atomic E-state index is 12.6. The zero-order valence-electron chi connectivity index (χ0n) is 34.5. The molecule has 0 aliphatic rings. The summed E-state index contributed by atoms with van der Waals surface area (Å²) in [5.41, 5.74) is 0. The first-order valence-corrected chi connectivity index (χ1v) is 21.4. The standard InChI is InChI=1S/C44H81NO7/c1-6-8-10-12-14-15-16-17-18-19-20-21-22-23-24-25-26-27-29-30-32-34-42(46)51-39-40(38-50-37-36-41(44(48)49)45(3,4)5)52-43(47)35-33-31-28-13-11-9-7-2/h8,10,14-15,40-41H,6-7,9,11-13,16-39H2,1-5H3/b10-8+,15-14+. The molecule has 0 saturated heterocycles. The van der Waals surface area contributed by atoms with Gasteiger partial charge in [0.15, 0.2) is 6.10 Å². The number of carbonyl (C=O) groups is 3. The van der Waals surface area contributed by atoms with Crippen molar-refractivity contribution in [2.24, 2.45) is 0 Å². The number of hydrogen-bond donors (Lipinski definition) is 0. The largest absolute Gasteiger partial charge is 0.544 e. The SMILES string of the molecule is CC/C=C/C/C=C/CCCCCCCCCCCCCCCCC(=O)OCC(COCCC(C(=O)[O-])[N+](C)(C)C)OC(=O)CCCCCCCCC. The molecule has 0 amide bonds. The summed E-state index contributed by atoms with van der Waals surface area (Å²) >= 11 is 0. The maximum Gasteiger partial charge on any atom is 0.306 e. The van der Waals surface area contributed by atoms with Gasteiger partial charge in [0.2, 0.25) is 0 Å². The van der Waals surface area contributed by atoms with Crippen LogP contribution in [0, 0.1) is 0 Å². The molecule has 2 unspecified atom stereocenters. The molecular weight excluding hydrogens is 654 g/mol. The predicted molar refractivity (Wildman–Crippen MR) is 213 cm³/mol. The van der Waals surface area contributed by atoms with Crippen molar-refractivity contribution in [2.45, 2.75) is 199 Å². The molecule has 2 atom stereocenters. The van der Waals surface area contributed by atoms with Gasteiger partial charge in [-0.1, -0.05) is 154 Å². The molecule has 0 aromatic rings. The topological polar surface area (TPSA) is 102 Å². The average molecular weight is 736 g/mol. The molecule has 8 nitrogen and oxygen atoms in total. The van der Waals surface area contributed by atoms with E-state index < -0.39 is 18.1 Å². The van der Waals surface area contributed by atoms with Crippen LogP contribution in [-0.2, 0) is 28.6 Å². The van der Waals surface area contributed by atoms with Crippen LogP contribution in [-0.4, -0.2) is 75.5 Å². The summed E-state index contributed by atoms with van der Waals surface area (Å²) < 4.78 is 17.1. The zero-order chi connectivity index (χ0) is 38.5. The first-order valence-electron chi connectivity index (χ1n) is 21.4. The first-order chi connectivity index (χ1) is 25.1. The summed E-state index contributed by atoms with van der Waals surface area (Å²) in [5, 5.41) is 11.6. The number of carboxylic acids is 1. The van der Waals surface area contributed by atoms with E-state index in [0.29, 0.717) is 12.8 Å². The van der Waals surface area contributed by atoms with Gasteiger partial charge in [0.05, 0.1) is 40.3 Å². The number of unbranched alkanes of at least 4 members (excludes halogenated alkanes) is 20. The van der Waals surface area contributed by atoms with Crippen LogP contribution in [0.15, 0.2) is 24.3 Å². The number of esters is 2. The summed E-state index contributed by atoms with van der Waals surface area (Å²) in [7, 11) is 5.40. The second-order valence-corrected chi connectivity index (χ2v) is 15.6. The number of carboxylic acid groups (broad SMARTS) is 1. The Morgan fingerprint density at radius 3 is 1.58 bits per heavy atom. The molecular formula is C44H81NO7. The monoisotopic (exact) mass is 736 g/mol. The molecule has 0 heterocycles. The quantitative estimate of drug-likeness (QED) is 0.0269. The second-order valence-electron chi connectivity index (χ2n) is 15.6. The van der Waals surface area contributed by atoms with Crippen LogP contribution in [0.1, 0.15) is 187 Å². The number of ether oxygens (including phenoxy) is 3. The summed E-state index contributed by atoms with van der Waals surface area (Å²) in [6.07, 6.45) is 38.0. The lowest BCUT2D eigenvalue weighted by Crippen LogP contribution is -2.55. The number of allylic oxidation sites excluding steroid dienone is 4. The van der Waals surface area contributed by atoms with Crippen LogP contribution in [0.25, 0.3) is 0 Å². The Labute approximate surface area is 320 Å². The normalized spacial score (nSPS) is 13.2. The average Bonchev–Trinajstić information content (AvgIpc) is 3.09. The highest BCUT2D eigenvalue weighted by Crippen LogP contribution is 2.15. The molecule has 0 saturated carbocycles. The van der Waals surface area contributed by atoms with E-state index in [1.165, 1.54) is 103 Å². The highest BCUT2D eigenvalue weighted by Gasteiger charge is 2.25. The molecule has 0 aromatic carbocycles. The van der Waals surface area contributed by atoms with E-state index in [2.05, 4.69) is 38.2 Å². The summed E-state index contributed by atoms with van der Waals surface area (Å²) in [4.78, 5) is 36.6. The third kappa shape index (κ3) is 33.6. The summed E-state index contributed by atoms with van der Waals surface area (Å²) in [5.74, 6) is -1.74. The van der Waals surface area contributed by atoms with Crippen LogP contribution in [0.4, 0.5) is 0 Å². The van der Waals surface area contributed by atoms with E-state index in [-0.39, 0.29) is 42.7 Å². The lowest BCUT2D eigenvalue weighted by Gasteiger charge is -2.34. The van der Waals surface area contributed by atoms with Crippen LogP contribution in [0.2, 0.25) is 0 Å². The molecule has 0 aliphatic heterocycles. The fraction of sp³-hybridized carbons (Fsp3) is 0.841. The van der Waals surface area contributed by atoms with Crippen molar-refractivity contribution in [3.8, 4) is 0 Å². The van der Waals surface area contributed by atoms with Gasteiger partial charge in [-0.05, 0) is 38.5 Å². The minimum absolute atomic E-state index is 0.0444. The predicted octanol–water partition coefficient (Wildman–Crippen LogP) is 9.97. The Kier molecular flexibility index (Phi) is 34.3. The van der Waals surface area contributed by atoms with E-state index in [9.17, 15) is 19.5 Å². The third-order valence-electron chi connectivity index (χ3n) is 9.60. The molecule has 8 heteroatoms. The maximum absolute atomic E-state index is 12.6. The Hall–Kier alpha value is -2.19. The number of carbonyl (C=O) groups excluding carboxylic acids is 3. The van der Waals surface area contributed by atoms with Crippen molar-refractivity contribution < 1.29 is 38.2 Å². The minimum atomic E-state index is -1.12. The molecule has 0 N–H and O–H groups in total.